The zero-order valence-electron chi connectivity index (χ0n) is 9.68. The Balaban J connectivity index is 2.47. The third-order valence-electron chi connectivity index (χ3n) is 3.58. The van der Waals surface area contributed by atoms with Gasteiger partial charge in [0.05, 0.1) is 11.0 Å². The highest BCUT2D eigenvalue weighted by atomic mass is 16.4. The molecule has 0 radical (unpaired) electrons. The van der Waals surface area contributed by atoms with Crippen molar-refractivity contribution in [2.45, 2.75) is 37.2 Å². The number of aliphatic hydroxyl groups is 1. The maximum Gasteiger partial charge on any atom is 0.314 e. The monoisotopic (exact) mass is 236 g/mol. The van der Waals surface area contributed by atoms with E-state index in [2.05, 4.69) is 0 Å². The van der Waals surface area contributed by atoms with Gasteiger partial charge in [-0.25, -0.2) is 0 Å². The molecule has 3 N–H and O–H groups in total. The number of carbonyl (C=O) groups is 1. The van der Waals surface area contributed by atoms with E-state index in [-0.39, 0.29) is 12.2 Å². The molecule has 1 fully saturated rings. The lowest BCUT2D eigenvalue weighted by Gasteiger charge is -2.26. The Morgan fingerprint density at radius 3 is 2.53 bits per heavy atom. The molecule has 0 aromatic heterocycles. The molecular formula is C13H16O4. The van der Waals surface area contributed by atoms with E-state index < -0.39 is 17.0 Å². The van der Waals surface area contributed by atoms with E-state index in [9.17, 15) is 20.1 Å². The molecule has 4 nitrogen and oxygen atoms in total. The molecule has 4 heteroatoms. The van der Waals surface area contributed by atoms with Crippen molar-refractivity contribution < 1.29 is 20.1 Å². The first-order valence-corrected chi connectivity index (χ1v) is 5.61. The van der Waals surface area contributed by atoms with Crippen LogP contribution in [0.5, 0.6) is 5.75 Å². The molecule has 1 aliphatic carbocycles. The van der Waals surface area contributed by atoms with E-state index in [0.717, 1.165) is 0 Å². The van der Waals surface area contributed by atoms with Crippen molar-refractivity contribution in [1.29, 1.82) is 0 Å². The lowest BCUT2D eigenvalue weighted by molar-refractivity contribution is -0.144. The molecule has 0 heterocycles. The van der Waals surface area contributed by atoms with Crippen molar-refractivity contribution in [2.24, 2.45) is 0 Å². The molecule has 1 aromatic rings. The fourth-order valence-electron chi connectivity index (χ4n) is 2.67. The van der Waals surface area contributed by atoms with Gasteiger partial charge in [-0.2, -0.15) is 0 Å². The predicted octanol–water partition coefficient (Wildman–Crippen LogP) is 1.65. The summed E-state index contributed by atoms with van der Waals surface area (Å²) in [5.41, 5.74) is -1.48. The van der Waals surface area contributed by atoms with Crippen LogP contribution in [0.2, 0.25) is 0 Å². The quantitative estimate of drug-likeness (QED) is 0.729. The summed E-state index contributed by atoms with van der Waals surface area (Å²) in [6, 6.07) is 6.29. The van der Waals surface area contributed by atoms with Crippen LogP contribution < -0.4 is 0 Å². The molecule has 0 spiro atoms. The Kier molecular flexibility index (Phi) is 2.62. The molecule has 1 aromatic carbocycles. The number of benzene rings is 1. The lowest BCUT2D eigenvalue weighted by Crippen LogP contribution is -2.35. The van der Waals surface area contributed by atoms with Crippen LogP contribution in [0, 0.1) is 0 Å². The minimum Gasteiger partial charge on any atom is -0.508 e. The Morgan fingerprint density at radius 1 is 1.35 bits per heavy atom. The summed E-state index contributed by atoms with van der Waals surface area (Å²) in [5.74, 6) is -0.893. The van der Waals surface area contributed by atoms with E-state index in [1.54, 1.807) is 19.1 Å². The highest BCUT2D eigenvalue weighted by Crippen LogP contribution is 2.46. The molecule has 1 saturated carbocycles. The average molecular weight is 236 g/mol. The smallest absolute Gasteiger partial charge is 0.314 e. The van der Waals surface area contributed by atoms with Gasteiger partial charge < -0.3 is 15.3 Å². The molecular weight excluding hydrogens is 220 g/mol. The van der Waals surface area contributed by atoms with Crippen LogP contribution in [0.15, 0.2) is 24.3 Å². The Labute approximate surface area is 99.5 Å². The van der Waals surface area contributed by atoms with Gasteiger partial charge in [-0.3, -0.25) is 4.79 Å². The summed E-state index contributed by atoms with van der Waals surface area (Å²) in [5, 5.41) is 28.9. The molecule has 17 heavy (non-hydrogen) atoms. The van der Waals surface area contributed by atoms with Crippen molar-refractivity contribution in [2.75, 3.05) is 0 Å². The molecule has 92 valence electrons. The van der Waals surface area contributed by atoms with Gasteiger partial charge in [0, 0.05) is 0 Å². The summed E-state index contributed by atoms with van der Waals surface area (Å²) in [4.78, 5) is 11.5. The number of phenols is 1. The molecule has 0 amide bonds. The molecule has 0 saturated heterocycles. The van der Waals surface area contributed by atoms with Gasteiger partial charge in [-0.1, -0.05) is 12.1 Å². The van der Waals surface area contributed by atoms with E-state index in [1.807, 2.05) is 0 Å². The van der Waals surface area contributed by atoms with Crippen molar-refractivity contribution in [3.63, 3.8) is 0 Å². The summed E-state index contributed by atoms with van der Waals surface area (Å²) in [7, 11) is 0. The Morgan fingerprint density at radius 2 is 2.06 bits per heavy atom. The minimum absolute atomic E-state index is 0.0506. The fraction of sp³-hybridized carbons (Fsp3) is 0.462. The lowest BCUT2D eigenvalue weighted by atomic mass is 9.78. The fourth-order valence-corrected chi connectivity index (χ4v) is 2.67. The van der Waals surface area contributed by atoms with E-state index in [4.69, 9.17) is 0 Å². The standard InChI is InChI=1S/C13H16O4/c1-12(17)5-6-13(8-12,11(15)16)9-3-2-4-10(14)7-9/h2-4,7,14,17H,5-6,8H2,1H3,(H,15,16). The maximum absolute atomic E-state index is 11.5. The molecule has 2 rings (SSSR count). The first-order valence-electron chi connectivity index (χ1n) is 5.61. The number of hydrogen-bond donors (Lipinski definition) is 3. The normalized spacial score (nSPS) is 32.6. The van der Waals surface area contributed by atoms with Gasteiger partial charge >= 0.3 is 5.97 Å². The van der Waals surface area contributed by atoms with Gasteiger partial charge in [-0.15, -0.1) is 0 Å². The second-order valence-corrected chi connectivity index (χ2v) is 5.11. The largest absolute Gasteiger partial charge is 0.508 e. The number of aromatic hydroxyl groups is 1. The van der Waals surface area contributed by atoms with Gasteiger partial charge in [0.1, 0.15) is 5.75 Å². The number of hydrogen-bond acceptors (Lipinski definition) is 3. The second kappa shape index (κ2) is 3.74. The van der Waals surface area contributed by atoms with Crippen LogP contribution in [-0.2, 0) is 10.2 Å². The van der Waals surface area contributed by atoms with E-state index in [1.165, 1.54) is 12.1 Å². The van der Waals surface area contributed by atoms with Crippen molar-refractivity contribution in [1.82, 2.24) is 0 Å². The number of phenolic OH excluding ortho intramolecular Hbond substituents is 1. The highest BCUT2D eigenvalue weighted by molar-refractivity contribution is 5.82. The summed E-state index contributed by atoms with van der Waals surface area (Å²) in [6.07, 6.45) is 1.02. The van der Waals surface area contributed by atoms with Crippen LogP contribution in [0.25, 0.3) is 0 Å². The summed E-state index contributed by atoms with van der Waals surface area (Å²) >= 11 is 0. The van der Waals surface area contributed by atoms with Crippen LogP contribution in [0.3, 0.4) is 0 Å². The number of rotatable bonds is 2. The number of carboxylic acids is 1. The second-order valence-electron chi connectivity index (χ2n) is 5.11. The first-order chi connectivity index (χ1) is 7.86. The van der Waals surface area contributed by atoms with Crippen LogP contribution in [0.1, 0.15) is 31.7 Å². The SMILES string of the molecule is CC1(O)CCC(C(=O)O)(c2cccc(O)c2)C1. The van der Waals surface area contributed by atoms with Gasteiger partial charge in [-0.05, 0) is 43.9 Å². The maximum atomic E-state index is 11.5. The third-order valence-corrected chi connectivity index (χ3v) is 3.58. The highest BCUT2D eigenvalue weighted by Gasteiger charge is 2.51. The van der Waals surface area contributed by atoms with Crippen LogP contribution >= 0.6 is 0 Å². The Bertz CT molecular complexity index is 452. The average Bonchev–Trinajstić information content (AvgIpc) is 2.56. The molecule has 0 aliphatic heterocycles. The van der Waals surface area contributed by atoms with Gasteiger partial charge in [0.2, 0.25) is 0 Å². The van der Waals surface area contributed by atoms with Crippen LogP contribution in [-0.4, -0.2) is 26.9 Å². The van der Waals surface area contributed by atoms with Gasteiger partial charge in [0.25, 0.3) is 0 Å². The van der Waals surface area contributed by atoms with Crippen molar-refractivity contribution in [3.8, 4) is 5.75 Å². The third kappa shape index (κ3) is 2.00. The van der Waals surface area contributed by atoms with Crippen molar-refractivity contribution in [3.05, 3.63) is 29.8 Å². The topological polar surface area (TPSA) is 77.8 Å². The van der Waals surface area contributed by atoms with Crippen molar-refractivity contribution >= 4 is 5.97 Å². The Hall–Kier alpha value is -1.55. The van der Waals surface area contributed by atoms with Gasteiger partial charge in [0.15, 0.2) is 0 Å². The summed E-state index contributed by atoms with van der Waals surface area (Å²) < 4.78 is 0. The number of aliphatic carboxylic acids is 1. The molecule has 0 bridgehead atoms. The first kappa shape index (κ1) is 11.9. The summed E-state index contributed by atoms with van der Waals surface area (Å²) in [6.45, 7) is 1.65. The van der Waals surface area contributed by atoms with Crippen LogP contribution in [0.4, 0.5) is 0 Å². The van der Waals surface area contributed by atoms with E-state index in [0.29, 0.717) is 18.4 Å². The van der Waals surface area contributed by atoms with E-state index >= 15 is 0 Å². The number of carboxylic acid groups (broad SMARTS) is 1. The predicted molar refractivity (Wildman–Crippen MR) is 61.9 cm³/mol. The molecule has 2 atom stereocenters. The molecule has 1 aliphatic rings. The minimum atomic E-state index is -1.08. The zero-order valence-corrected chi connectivity index (χ0v) is 9.68. The molecule has 2 unspecified atom stereocenters. The zero-order chi connectivity index (χ0) is 12.7.